The smallest absolute Gasteiger partial charge is 0.157 e. The molecule has 0 aliphatic carbocycles. The van der Waals surface area contributed by atoms with Gasteiger partial charge < -0.3 is 52.4 Å². The number of aliphatic imine (C=N–C) groups is 5. The Hall–Kier alpha value is -10.2. The van der Waals surface area contributed by atoms with Gasteiger partial charge in [-0.25, -0.2) is 109 Å². The monoisotopic (exact) mass is 1850 g/mol. The zero-order chi connectivity index (χ0) is 89.8. The highest BCUT2D eigenvalue weighted by Crippen LogP contribution is 2.56. The van der Waals surface area contributed by atoms with Crippen molar-refractivity contribution in [2.24, 2.45) is 83.2 Å². The first-order chi connectivity index (χ1) is 61.6. The number of benzene rings is 5. The van der Waals surface area contributed by atoms with Gasteiger partial charge in [0.15, 0.2) is 43.3 Å². The normalized spacial score (nSPS) is 28.6. The van der Waals surface area contributed by atoms with Gasteiger partial charge in [0.05, 0.1) is 50.5 Å². The maximum atomic E-state index is 14.6. The Labute approximate surface area is 751 Å². The highest BCUT2D eigenvalue weighted by molar-refractivity contribution is 8.14. The van der Waals surface area contributed by atoms with E-state index in [1.165, 1.54) is 119 Å². The number of fused-ring (bicyclic) bond motifs is 5. The quantitative estimate of drug-likeness (QED) is 0.0794. The van der Waals surface area contributed by atoms with Crippen LogP contribution in [0.5, 0.6) is 0 Å². The van der Waals surface area contributed by atoms with Gasteiger partial charge in [0.25, 0.3) is 0 Å². The Morgan fingerprint density at radius 1 is 0.305 bits per heavy atom. The molecule has 39 heteroatoms. The summed E-state index contributed by atoms with van der Waals surface area (Å²) in [5.41, 5.74) is 30.1. The molecule has 5 aromatic heterocycles. The second-order valence-corrected chi connectivity index (χ2v) is 37.5. The van der Waals surface area contributed by atoms with E-state index in [4.69, 9.17) is 52.4 Å². The van der Waals surface area contributed by atoms with E-state index in [0.717, 1.165) is 53.0 Å². The van der Waals surface area contributed by atoms with Crippen LogP contribution >= 0.6 is 58.8 Å². The van der Waals surface area contributed by atoms with Crippen molar-refractivity contribution in [1.29, 1.82) is 0 Å². The molecule has 0 radical (unpaired) electrons. The number of hydrogen-bond acceptors (Lipinski definition) is 29. The summed E-state index contributed by atoms with van der Waals surface area (Å²) in [4.78, 5) is 61.7. The molecule has 10 aromatic rings. The number of rotatable bonds is 10. The molecule has 20 rings (SSSR count). The Morgan fingerprint density at radius 3 is 0.938 bits per heavy atom. The highest BCUT2D eigenvalue weighted by atomic mass is 32.2. The van der Waals surface area contributed by atoms with Crippen LogP contribution in [0.25, 0.3) is 0 Å². The van der Waals surface area contributed by atoms with E-state index < -0.39 is 85.9 Å². The van der Waals surface area contributed by atoms with Crippen LogP contribution in [0.3, 0.4) is 0 Å². The second-order valence-electron chi connectivity index (χ2n) is 32.3. The van der Waals surface area contributed by atoms with Gasteiger partial charge in [-0.05, 0) is 119 Å². The van der Waals surface area contributed by atoms with E-state index in [2.05, 4.69) is 69.8 Å². The molecule has 128 heavy (non-hydrogen) atoms. The molecule has 0 amide bonds. The number of pyridine rings is 1. The first-order valence-electron chi connectivity index (χ1n) is 40.9. The summed E-state index contributed by atoms with van der Waals surface area (Å²) in [6.45, 7) is 6.41. The van der Waals surface area contributed by atoms with Crippen molar-refractivity contribution in [2.75, 3.05) is 61.8 Å². The summed E-state index contributed by atoms with van der Waals surface area (Å²) in [6.07, 6.45) is 13.8. The van der Waals surface area contributed by atoms with E-state index in [1.807, 2.05) is 51.1 Å². The third-order valence-electron chi connectivity index (χ3n) is 24.3. The molecular weight excluding hydrogens is 1770 g/mol. The van der Waals surface area contributed by atoms with Crippen LogP contribution in [0.15, 0.2) is 196 Å². The largest absolute Gasteiger partial charge is 0.379 e. The highest BCUT2D eigenvalue weighted by Gasteiger charge is 2.56. The minimum Gasteiger partial charge on any atom is -0.379 e. The van der Waals surface area contributed by atoms with Gasteiger partial charge >= 0.3 is 0 Å². The van der Waals surface area contributed by atoms with E-state index >= 15 is 0 Å². The van der Waals surface area contributed by atoms with Crippen molar-refractivity contribution in [3.8, 4) is 0 Å². The molecule has 10 N–H and O–H groups in total. The molecule has 668 valence electrons. The Kier molecular flexibility index (Phi) is 27.6. The number of nitrogens with zero attached hydrogens (tertiary/aromatic N) is 14. The fourth-order valence-electron chi connectivity index (χ4n) is 17.9. The number of aromatic nitrogens is 9. The number of nitrogens with two attached hydrogens (primary N) is 5. The van der Waals surface area contributed by atoms with Crippen LogP contribution in [-0.2, 0) is 51.4 Å². The number of halogens is 10. The lowest BCUT2D eigenvalue weighted by molar-refractivity contribution is -0.0627. The second kappa shape index (κ2) is 38.8. The van der Waals surface area contributed by atoms with Gasteiger partial charge in [-0.1, -0.05) is 95.2 Å². The topological polar surface area (TPSA) is 354 Å². The molecule has 15 heterocycles. The van der Waals surface area contributed by atoms with Crippen LogP contribution in [0.2, 0.25) is 0 Å². The molecule has 24 nitrogen and oxygen atoms in total. The summed E-state index contributed by atoms with van der Waals surface area (Å²) in [7, 11) is 0. The number of aryl methyl sites for hydroxylation is 3. The van der Waals surface area contributed by atoms with E-state index in [0.29, 0.717) is 138 Å². The van der Waals surface area contributed by atoms with Crippen LogP contribution in [0, 0.1) is 109 Å². The van der Waals surface area contributed by atoms with Crippen LogP contribution < -0.4 is 28.7 Å². The number of hydrogen-bond donors (Lipinski definition) is 5. The molecule has 10 aliphatic rings. The molecule has 0 spiro atoms. The van der Waals surface area contributed by atoms with Crippen molar-refractivity contribution in [3.63, 3.8) is 0 Å². The molecule has 5 fully saturated rings. The average Bonchev–Trinajstić information content (AvgIpc) is 0.752. The van der Waals surface area contributed by atoms with Crippen molar-refractivity contribution in [3.05, 3.63) is 303 Å². The first-order valence-corrected chi connectivity index (χ1v) is 45.8. The third-order valence-corrected chi connectivity index (χ3v) is 29.1. The molecule has 5 saturated heterocycles. The predicted molar refractivity (Wildman–Crippen MR) is 471 cm³/mol. The lowest BCUT2D eigenvalue weighted by atomic mass is 9.74. The summed E-state index contributed by atoms with van der Waals surface area (Å²) in [5.74, 6) is -0.361. The van der Waals surface area contributed by atoms with Gasteiger partial charge in [-0.15, -0.1) is 0 Å². The number of ether oxygens (including phenoxy) is 5. The van der Waals surface area contributed by atoms with Gasteiger partial charge in [0.2, 0.25) is 0 Å². The standard InChI is InChI=1S/3C18H18F2N4OS.C18H17F2N3OS.C17H16F2N4OS/c1-10-6-22-16(23-7-10)15-4-11-8-26-17(21)24-18(11,9-25-15)13-3-2-12(19)5-14(13)20;1-10-22-5-4-15(23-10)16-6-11-8-26-17(21)24-18(11,9-25-16)13-3-2-12(19)7-14(13)20;1-10-4-5-22-16(23-10)15-6-11-8-26-17(21)24-18(11,9-25-15)13-3-2-12(19)7-14(13)20;19-12-4-5-13(14(20)8-12)18-10-24-16(15-3-1-2-6-22-15)7-11(18)9-25-17(21)23-18;18-11-2-3-12(13(19)7-11)17-9-24-14(15-21-4-1-5-22-15)6-10(17)8-25-16(20)23-17/h2-3,5-7,11,15H,4,8-9H2,1H3,(H2,21,24);2-5,7,11,16H,6,8-9H2,1H3,(H2,21,24);2-5,7,11,15H,6,8-9H2,1H3,(H2,21,24);1-6,8,11,16H,7,9-10H2,(H2,21,23);1-5,7,10,14H,6,8-9H2,(H2,20,23)/t11-,15+,18-;11-,16+,18-;11-,15+,18-;11-,16+,18-;10-,14+,17-/m00000/s1. The van der Waals surface area contributed by atoms with Crippen LogP contribution in [-0.4, -0.2) is 132 Å². The zero-order valence-corrected chi connectivity index (χ0v) is 73.1. The van der Waals surface area contributed by atoms with Crippen LogP contribution in [0.4, 0.5) is 43.9 Å². The molecular formula is C89H87F10N19O5S5. The number of amidine groups is 5. The molecule has 5 aromatic carbocycles. The maximum Gasteiger partial charge on any atom is 0.157 e. The van der Waals surface area contributed by atoms with E-state index in [1.54, 1.807) is 49.4 Å². The predicted octanol–water partition coefficient (Wildman–Crippen LogP) is 15.5. The van der Waals surface area contributed by atoms with Gasteiger partial charge in [0.1, 0.15) is 116 Å². The third kappa shape index (κ3) is 19.3. The van der Waals surface area contributed by atoms with Gasteiger partial charge in [-0.3, -0.25) is 4.98 Å². The zero-order valence-electron chi connectivity index (χ0n) is 69.1. The number of thioether (sulfide) groups is 5. The molecule has 0 bridgehead atoms. The van der Waals surface area contributed by atoms with Gasteiger partial charge in [-0.2, -0.15) is 0 Å². The molecule has 10 aliphatic heterocycles. The van der Waals surface area contributed by atoms with Crippen molar-refractivity contribution in [2.45, 2.75) is 111 Å². The Bertz CT molecular complexity index is 5610. The molecule has 15 atom stereocenters. The summed E-state index contributed by atoms with van der Waals surface area (Å²) < 4.78 is 170. The van der Waals surface area contributed by atoms with E-state index in [9.17, 15) is 43.9 Å². The first kappa shape index (κ1) is 91.1. The SMILES string of the molecule is Cc1ccnc([C@H]2C[C@H]3CSC(N)=N[C@@]3(c3ccc(F)cc3F)CO2)n1.Cc1cnc([C@H]2C[C@H]3CSC(N)=N[C@@]3(c3ccc(F)cc3F)CO2)nc1.Cc1nccc([C@H]2C[C@H]3CSC(N)=N[C@@]3(c3ccc(F)cc3F)CO2)n1.NC1=N[C@@]2(c3ccc(F)cc3F)CO[C@@H](c3ccccn3)C[C@H]2CS1.NC1=N[C@@]2(c3ccc(F)cc3F)CO[C@@H](c3ncccn3)C[C@H]2CS1. The molecule has 0 saturated carbocycles. The minimum atomic E-state index is -0.951. The van der Waals surface area contributed by atoms with Crippen molar-refractivity contribution >= 4 is 84.6 Å². The van der Waals surface area contributed by atoms with Gasteiger partial charge in [0, 0.05) is 166 Å². The average molecular weight is 1850 g/mol. The van der Waals surface area contributed by atoms with Crippen molar-refractivity contribution < 1.29 is 67.6 Å². The summed E-state index contributed by atoms with van der Waals surface area (Å²) >= 11 is 7.23. The maximum absolute atomic E-state index is 14.6. The minimum absolute atomic E-state index is 0.00576. The fourth-order valence-corrected chi connectivity index (χ4v) is 22.9. The van der Waals surface area contributed by atoms with E-state index in [-0.39, 0.29) is 93.1 Å². The Morgan fingerprint density at radius 2 is 0.609 bits per heavy atom. The lowest BCUT2D eigenvalue weighted by Crippen LogP contribution is -2.48. The van der Waals surface area contributed by atoms with Crippen molar-refractivity contribution in [1.82, 2.24) is 44.9 Å². The molecule has 0 unspecified atom stereocenters. The summed E-state index contributed by atoms with van der Waals surface area (Å²) in [5, 5.41) is 1.96. The lowest BCUT2D eigenvalue weighted by Gasteiger charge is -2.46. The summed E-state index contributed by atoms with van der Waals surface area (Å²) in [6, 6.07) is 28.9. The Balaban J connectivity index is 0.000000117. The van der Waals surface area contributed by atoms with Crippen LogP contribution in [0.1, 0.15) is 136 Å². The fraction of sp³-hybridized carbons (Fsp3) is 0.371.